The van der Waals surface area contributed by atoms with Crippen molar-refractivity contribution >= 4 is 17.4 Å². The van der Waals surface area contributed by atoms with Gasteiger partial charge in [-0.25, -0.2) is 0 Å². The van der Waals surface area contributed by atoms with Gasteiger partial charge in [0.1, 0.15) is 11.5 Å². The molecule has 1 atom stereocenters. The van der Waals surface area contributed by atoms with Crippen LogP contribution >= 0.6 is 0 Å². The van der Waals surface area contributed by atoms with Crippen LogP contribution in [-0.4, -0.2) is 60.4 Å². The topological polar surface area (TPSA) is 70.1 Å². The number of likely N-dealkylation sites (tertiary alicyclic amines) is 1. The van der Waals surface area contributed by atoms with Crippen LogP contribution in [-0.2, 0) is 15.0 Å². The summed E-state index contributed by atoms with van der Waals surface area (Å²) in [6, 6.07) is 14.3. The number of aliphatic hydroxyl groups is 1. The molecule has 0 spiro atoms. The Labute approximate surface area is 202 Å². The van der Waals surface area contributed by atoms with E-state index in [-0.39, 0.29) is 16.7 Å². The highest BCUT2D eigenvalue weighted by Gasteiger charge is 2.45. The summed E-state index contributed by atoms with van der Waals surface area (Å²) in [4.78, 5) is 29.9. The van der Waals surface area contributed by atoms with Crippen LogP contribution < -0.4 is 4.74 Å². The molecular formula is C28H36N2O4. The van der Waals surface area contributed by atoms with Crippen LogP contribution in [0.15, 0.2) is 54.1 Å². The van der Waals surface area contributed by atoms with Crippen LogP contribution in [0.5, 0.6) is 5.75 Å². The second-order valence-electron chi connectivity index (χ2n) is 9.98. The Morgan fingerprint density at radius 3 is 2.35 bits per heavy atom. The molecule has 0 radical (unpaired) electrons. The van der Waals surface area contributed by atoms with Crippen LogP contribution in [0.3, 0.4) is 0 Å². The van der Waals surface area contributed by atoms with Crippen molar-refractivity contribution < 1.29 is 19.4 Å². The van der Waals surface area contributed by atoms with Crippen molar-refractivity contribution in [1.29, 1.82) is 0 Å². The summed E-state index contributed by atoms with van der Waals surface area (Å²) in [5, 5.41) is 11.3. The van der Waals surface area contributed by atoms with Crippen LogP contribution in [0.2, 0.25) is 0 Å². The molecule has 34 heavy (non-hydrogen) atoms. The normalized spacial score (nSPS) is 18.1. The van der Waals surface area contributed by atoms with Crippen molar-refractivity contribution in [2.45, 2.75) is 45.6 Å². The molecule has 0 aliphatic carbocycles. The Kier molecular flexibility index (Phi) is 7.82. The third-order valence-electron chi connectivity index (χ3n) is 6.06. The summed E-state index contributed by atoms with van der Waals surface area (Å²) in [6.45, 7) is 10.00. The monoisotopic (exact) mass is 464 g/mol. The molecule has 6 heteroatoms. The van der Waals surface area contributed by atoms with Gasteiger partial charge in [0.2, 0.25) is 0 Å². The van der Waals surface area contributed by atoms with Crippen molar-refractivity contribution in [3.63, 3.8) is 0 Å². The first kappa shape index (κ1) is 25.5. The Morgan fingerprint density at radius 1 is 1.09 bits per heavy atom. The summed E-state index contributed by atoms with van der Waals surface area (Å²) < 4.78 is 5.56. The summed E-state index contributed by atoms with van der Waals surface area (Å²) >= 11 is 0. The predicted molar refractivity (Wildman–Crippen MR) is 135 cm³/mol. The average molecular weight is 465 g/mol. The van der Waals surface area contributed by atoms with Gasteiger partial charge in [0.25, 0.3) is 11.7 Å². The maximum atomic E-state index is 13.2. The van der Waals surface area contributed by atoms with Gasteiger partial charge in [0.05, 0.1) is 18.2 Å². The minimum Gasteiger partial charge on any atom is -0.507 e. The van der Waals surface area contributed by atoms with E-state index in [2.05, 4.69) is 20.8 Å². The van der Waals surface area contributed by atoms with E-state index in [1.54, 1.807) is 29.2 Å². The van der Waals surface area contributed by atoms with Crippen molar-refractivity contribution in [2.75, 3.05) is 33.8 Å². The summed E-state index contributed by atoms with van der Waals surface area (Å²) in [6.07, 6.45) is 0.719. The van der Waals surface area contributed by atoms with Gasteiger partial charge in [0.15, 0.2) is 0 Å². The second kappa shape index (κ2) is 10.4. The van der Waals surface area contributed by atoms with E-state index in [0.29, 0.717) is 24.5 Å². The van der Waals surface area contributed by atoms with Gasteiger partial charge < -0.3 is 19.6 Å². The molecule has 1 amide bonds. The first-order chi connectivity index (χ1) is 16.0. The quantitative estimate of drug-likeness (QED) is 0.347. The number of carbonyl (C=O) groups is 2. The van der Waals surface area contributed by atoms with Gasteiger partial charge in [-0.2, -0.15) is 0 Å². The molecule has 1 aliphatic rings. The molecule has 0 bridgehead atoms. The third-order valence-corrected chi connectivity index (χ3v) is 6.06. The molecule has 0 saturated carbocycles. The van der Waals surface area contributed by atoms with Gasteiger partial charge >= 0.3 is 0 Å². The molecule has 0 aromatic heterocycles. The number of Topliss-reactive ketones (excluding diaryl/α,β-unsaturated/α-hetero) is 1. The molecular weight excluding hydrogens is 428 g/mol. The molecule has 1 aliphatic heterocycles. The highest BCUT2D eigenvalue weighted by molar-refractivity contribution is 6.46. The number of rotatable bonds is 8. The Hall–Kier alpha value is -3.12. The van der Waals surface area contributed by atoms with Crippen LogP contribution in [0.1, 0.15) is 56.8 Å². The van der Waals surface area contributed by atoms with Crippen LogP contribution in [0, 0.1) is 0 Å². The molecule has 1 heterocycles. The van der Waals surface area contributed by atoms with Crippen molar-refractivity contribution in [2.24, 2.45) is 0 Å². The smallest absolute Gasteiger partial charge is 0.295 e. The lowest BCUT2D eigenvalue weighted by molar-refractivity contribution is -0.139. The Bertz CT molecular complexity index is 1060. The molecule has 2 aromatic rings. The number of hydrogen-bond donors (Lipinski definition) is 1. The minimum absolute atomic E-state index is 0.0221. The highest BCUT2D eigenvalue weighted by atomic mass is 16.5. The SMILES string of the molecule is CCOc1cccc(C(O)=C2C(=O)C(=O)N(CCCN(C)C)C2c2ccc(C(C)(C)C)cc2)c1. The van der Waals surface area contributed by atoms with E-state index in [1.165, 1.54) is 0 Å². The molecule has 3 rings (SSSR count). The number of amides is 1. The van der Waals surface area contributed by atoms with Gasteiger partial charge in [-0.3, -0.25) is 9.59 Å². The van der Waals surface area contributed by atoms with E-state index in [0.717, 1.165) is 24.1 Å². The lowest BCUT2D eigenvalue weighted by Gasteiger charge is -2.27. The lowest BCUT2D eigenvalue weighted by atomic mass is 9.85. The standard InChI is InChI=1S/C28H36N2O4/c1-7-34-22-11-8-10-20(18-22)25(31)23-24(19-12-14-21(15-13-19)28(2,3)4)30(27(33)26(23)32)17-9-16-29(5)6/h8,10-15,18,24,31H,7,9,16-17H2,1-6H3. The van der Waals surface area contributed by atoms with E-state index >= 15 is 0 Å². The van der Waals surface area contributed by atoms with E-state index in [9.17, 15) is 14.7 Å². The summed E-state index contributed by atoms with van der Waals surface area (Å²) in [5.74, 6) is -0.821. The zero-order chi connectivity index (χ0) is 25.0. The third kappa shape index (κ3) is 5.50. The van der Waals surface area contributed by atoms with Crippen molar-refractivity contribution in [3.05, 3.63) is 70.8 Å². The summed E-state index contributed by atoms with van der Waals surface area (Å²) in [7, 11) is 3.95. The molecule has 1 N–H and O–H groups in total. The maximum Gasteiger partial charge on any atom is 0.295 e. The first-order valence-electron chi connectivity index (χ1n) is 11.8. The van der Waals surface area contributed by atoms with Gasteiger partial charge in [-0.1, -0.05) is 57.2 Å². The molecule has 1 fully saturated rings. The van der Waals surface area contributed by atoms with Gasteiger partial charge in [-0.05, 0) is 62.7 Å². The number of hydrogen-bond acceptors (Lipinski definition) is 5. The Morgan fingerprint density at radius 2 is 1.76 bits per heavy atom. The number of ether oxygens (including phenoxy) is 1. The lowest BCUT2D eigenvalue weighted by Crippen LogP contribution is -2.32. The van der Waals surface area contributed by atoms with Crippen LogP contribution in [0.25, 0.3) is 5.76 Å². The molecule has 2 aromatic carbocycles. The fraction of sp³-hybridized carbons (Fsp3) is 0.429. The van der Waals surface area contributed by atoms with E-state index in [1.807, 2.05) is 50.2 Å². The van der Waals surface area contributed by atoms with Crippen molar-refractivity contribution in [3.8, 4) is 5.75 Å². The number of ketones is 1. The molecule has 1 saturated heterocycles. The Balaban J connectivity index is 2.10. The number of aliphatic hydroxyl groups excluding tert-OH is 1. The fourth-order valence-corrected chi connectivity index (χ4v) is 4.24. The number of benzene rings is 2. The van der Waals surface area contributed by atoms with E-state index < -0.39 is 17.7 Å². The van der Waals surface area contributed by atoms with Gasteiger partial charge in [-0.15, -0.1) is 0 Å². The number of carbonyl (C=O) groups excluding carboxylic acids is 2. The largest absolute Gasteiger partial charge is 0.507 e. The summed E-state index contributed by atoms with van der Waals surface area (Å²) in [5.41, 5.74) is 2.51. The zero-order valence-corrected chi connectivity index (χ0v) is 21.1. The molecule has 1 unspecified atom stereocenters. The van der Waals surface area contributed by atoms with Crippen molar-refractivity contribution in [1.82, 2.24) is 9.80 Å². The second-order valence-corrected chi connectivity index (χ2v) is 9.98. The number of nitrogens with zero attached hydrogens (tertiary/aromatic N) is 2. The molecule has 182 valence electrons. The fourth-order valence-electron chi connectivity index (χ4n) is 4.24. The average Bonchev–Trinajstić information content (AvgIpc) is 3.03. The minimum atomic E-state index is -0.658. The first-order valence-corrected chi connectivity index (χ1v) is 11.8. The predicted octanol–water partition coefficient (Wildman–Crippen LogP) is 4.76. The molecule has 6 nitrogen and oxygen atoms in total. The highest BCUT2D eigenvalue weighted by Crippen LogP contribution is 2.40. The zero-order valence-electron chi connectivity index (χ0n) is 21.1. The van der Waals surface area contributed by atoms with E-state index in [4.69, 9.17) is 4.74 Å². The van der Waals surface area contributed by atoms with Crippen LogP contribution in [0.4, 0.5) is 0 Å². The maximum absolute atomic E-state index is 13.2. The van der Waals surface area contributed by atoms with Gasteiger partial charge in [0, 0.05) is 12.1 Å².